The molecule has 0 radical (unpaired) electrons. The van der Waals surface area contributed by atoms with Gasteiger partial charge in [-0.3, -0.25) is 9.36 Å². The molecule has 3 aromatic rings. The summed E-state index contributed by atoms with van der Waals surface area (Å²) in [5.74, 6) is 0.146. The Morgan fingerprint density at radius 2 is 2.03 bits per heavy atom. The molecule has 0 saturated carbocycles. The first kappa shape index (κ1) is 24.8. The van der Waals surface area contributed by atoms with Crippen LogP contribution in [0.2, 0.25) is 0 Å². The molecule has 9 heteroatoms. The van der Waals surface area contributed by atoms with E-state index < -0.39 is 5.82 Å². The van der Waals surface area contributed by atoms with Crippen molar-refractivity contribution >= 4 is 29.4 Å². The molecule has 2 heterocycles. The summed E-state index contributed by atoms with van der Waals surface area (Å²) in [6.07, 6.45) is 5.51. The van der Waals surface area contributed by atoms with Gasteiger partial charge in [-0.05, 0) is 68.0 Å². The van der Waals surface area contributed by atoms with Crippen LogP contribution in [-0.2, 0) is 4.79 Å². The van der Waals surface area contributed by atoms with E-state index in [0.717, 1.165) is 30.2 Å². The van der Waals surface area contributed by atoms with Crippen molar-refractivity contribution in [1.82, 2.24) is 19.8 Å². The third-order valence-corrected chi connectivity index (χ3v) is 7.22. The first-order chi connectivity index (χ1) is 16.9. The summed E-state index contributed by atoms with van der Waals surface area (Å²) in [7, 11) is 0. The van der Waals surface area contributed by atoms with Crippen LogP contribution >= 0.6 is 11.8 Å². The van der Waals surface area contributed by atoms with Crippen molar-refractivity contribution in [1.29, 1.82) is 0 Å². The van der Waals surface area contributed by atoms with Gasteiger partial charge < -0.3 is 15.5 Å². The van der Waals surface area contributed by atoms with Crippen LogP contribution in [0.4, 0.5) is 14.9 Å². The molecule has 4 rings (SSSR count). The molecule has 1 atom stereocenters. The van der Waals surface area contributed by atoms with Gasteiger partial charge in [0.1, 0.15) is 5.82 Å². The number of carbonyl (C=O) groups is 2. The van der Waals surface area contributed by atoms with Crippen LogP contribution in [0.5, 0.6) is 0 Å². The molecule has 1 aliphatic heterocycles. The van der Waals surface area contributed by atoms with Crippen LogP contribution in [0, 0.1) is 25.6 Å². The lowest BCUT2D eigenvalue weighted by molar-refractivity contribution is -0.130. The van der Waals surface area contributed by atoms with E-state index in [1.165, 1.54) is 35.0 Å². The first-order valence-electron chi connectivity index (χ1n) is 11.7. The lowest BCUT2D eigenvalue weighted by atomic mass is 9.98. The van der Waals surface area contributed by atoms with Gasteiger partial charge in [0.05, 0.1) is 11.4 Å². The lowest BCUT2D eigenvalue weighted by Crippen LogP contribution is -2.45. The van der Waals surface area contributed by atoms with Crippen LogP contribution in [0.1, 0.15) is 24.0 Å². The molecule has 1 aliphatic rings. The maximum atomic E-state index is 13.3. The van der Waals surface area contributed by atoms with E-state index in [4.69, 9.17) is 0 Å². The van der Waals surface area contributed by atoms with Gasteiger partial charge in [-0.25, -0.2) is 14.2 Å². The smallest absolute Gasteiger partial charge is 0.319 e. The molecule has 1 saturated heterocycles. The summed E-state index contributed by atoms with van der Waals surface area (Å²) in [6.45, 7) is 5.94. The van der Waals surface area contributed by atoms with Gasteiger partial charge in [0.2, 0.25) is 5.91 Å². The van der Waals surface area contributed by atoms with E-state index in [2.05, 4.69) is 41.6 Å². The fraction of sp³-hybridized carbons (Fsp3) is 0.346. The maximum Gasteiger partial charge on any atom is 0.319 e. The lowest BCUT2D eigenvalue weighted by Gasteiger charge is -2.32. The predicted octanol–water partition coefficient (Wildman–Crippen LogP) is 4.78. The van der Waals surface area contributed by atoms with Gasteiger partial charge >= 0.3 is 6.03 Å². The number of hydrogen-bond donors (Lipinski definition) is 2. The number of urea groups is 1. The Balaban J connectivity index is 1.27. The van der Waals surface area contributed by atoms with Crippen LogP contribution in [-0.4, -0.2) is 51.8 Å². The molecule has 7 nitrogen and oxygen atoms in total. The minimum absolute atomic E-state index is 0.0689. The topological polar surface area (TPSA) is 79.3 Å². The monoisotopic (exact) mass is 495 g/mol. The van der Waals surface area contributed by atoms with Gasteiger partial charge in [-0.2, -0.15) is 0 Å². The molecule has 0 aliphatic carbocycles. The van der Waals surface area contributed by atoms with Crippen LogP contribution in [0.15, 0.2) is 60.0 Å². The van der Waals surface area contributed by atoms with Gasteiger partial charge in [-0.1, -0.05) is 30.0 Å². The number of amides is 3. The Morgan fingerprint density at radius 1 is 1.20 bits per heavy atom. The summed E-state index contributed by atoms with van der Waals surface area (Å²) in [5.41, 5.74) is 3.87. The number of piperidine rings is 1. The van der Waals surface area contributed by atoms with Crippen LogP contribution < -0.4 is 10.6 Å². The molecule has 2 aromatic carbocycles. The third kappa shape index (κ3) is 6.42. The van der Waals surface area contributed by atoms with Gasteiger partial charge in [-0.15, -0.1) is 0 Å². The minimum atomic E-state index is -0.404. The summed E-state index contributed by atoms with van der Waals surface area (Å²) in [6, 6.07) is 11.6. The predicted molar refractivity (Wildman–Crippen MR) is 136 cm³/mol. The molecule has 0 bridgehead atoms. The fourth-order valence-electron chi connectivity index (χ4n) is 4.23. The van der Waals surface area contributed by atoms with Crippen molar-refractivity contribution in [3.05, 3.63) is 71.8 Å². The average Bonchev–Trinajstić information content (AvgIpc) is 3.31. The number of aromatic nitrogens is 2. The number of imidazole rings is 1. The van der Waals surface area contributed by atoms with E-state index >= 15 is 0 Å². The Bertz CT molecular complexity index is 1200. The normalized spacial score (nSPS) is 15.6. The number of thioether (sulfide) groups is 1. The molecule has 2 N–H and O–H groups in total. The standard InChI is InChI=1S/C26H30FN5O2S/c1-18-6-3-10-23(19(18)2)32-13-11-28-26(32)35-17-24(33)31-12-5-7-20(16-31)15-29-25(34)30-22-9-4-8-21(27)14-22/h3-4,6,8-11,13-14,20H,5,7,12,15-17H2,1-2H3,(H2,29,30,34). The molecule has 35 heavy (non-hydrogen) atoms. The molecule has 1 fully saturated rings. The SMILES string of the molecule is Cc1cccc(-n2ccnc2SCC(=O)N2CCCC(CNC(=O)Nc3cccc(F)c3)C2)c1C. The van der Waals surface area contributed by atoms with Gasteiger partial charge in [0.25, 0.3) is 0 Å². The molecule has 3 amide bonds. The molecular weight excluding hydrogens is 465 g/mol. The number of halogens is 1. The number of aryl methyl sites for hydroxylation is 1. The summed E-state index contributed by atoms with van der Waals surface area (Å²) in [5, 5.41) is 6.26. The highest BCUT2D eigenvalue weighted by molar-refractivity contribution is 7.99. The second-order valence-corrected chi connectivity index (χ2v) is 9.72. The van der Waals surface area contributed by atoms with Crippen molar-refractivity contribution in [2.45, 2.75) is 31.8 Å². The Hall–Kier alpha value is -3.33. The van der Waals surface area contributed by atoms with Crippen LogP contribution in [0.25, 0.3) is 5.69 Å². The molecular formula is C26H30FN5O2S. The summed E-state index contributed by atoms with van der Waals surface area (Å²) in [4.78, 5) is 31.5. The number of nitrogens with one attached hydrogen (secondary N) is 2. The van der Waals surface area contributed by atoms with E-state index in [9.17, 15) is 14.0 Å². The molecule has 184 valence electrons. The number of likely N-dealkylation sites (tertiary alicyclic amines) is 1. The highest BCUT2D eigenvalue weighted by Gasteiger charge is 2.24. The molecule has 0 spiro atoms. The number of rotatable bonds is 7. The van der Waals surface area contributed by atoms with E-state index in [1.54, 1.807) is 18.3 Å². The number of hydrogen-bond acceptors (Lipinski definition) is 4. The molecule has 1 aromatic heterocycles. The van der Waals surface area contributed by atoms with Crippen molar-refractivity contribution in [3.8, 4) is 5.69 Å². The number of carbonyl (C=O) groups excluding carboxylic acids is 2. The average molecular weight is 496 g/mol. The number of nitrogens with zero attached hydrogens (tertiary/aromatic N) is 3. The zero-order valence-corrected chi connectivity index (χ0v) is 20.8. The van der Waals surface area contributed by atoms with E-state index in [0.29, 0.717) is 24.5 Å². The number of benzene rings is 2. The Labute approximate surface area is 209 Å². The molecule has 1 unspecified atom stereocenters. The maximum absolute atomic E-state index is 13.3. The third-order valence-electron chi connectivity index (χ3n) is 6.27. The van der Waals surface area contributed by atoms with E-state index in [1.807, 2.05) is 21.7 Å². The summed E-state index contributed by atoms with van der Waals surface area (Å²) < 4.78 is 15.3. The second-order valence-electron chi connectivity index (χ2n) is 8.78. The van der Waals surface area contributed by atoms with Gasteiger partial charge in [0.15, 0.2) is 5.16 Å². The van der Waals surface area contributed by atoms with E-state index in [-0.39, 0.29) is 17.9 Å². The van der Waals surface area contributed by atoms with Crippen molar-refractivity contribution in [2.75, 3.05) is 30.7 Å². The second kappa shape index (κ2) is 11.4. The highest BCUT2D eigenvalue weighted by atomic mass is 32.2. The highest BCUT2D eigenvalue weighted by Crippen LogP contribution is 2.25. The zero-order chi connectivity index (χ0) is 24.8. The fourth-order valence-corrected chi connectivity index (χ4v) is 5.10. The van der Waals surface area contributed by atoms with Crippen molar-refractivity contribution in [3.63, 3.8) is 0 Å². The summed E-state index contributed by atoms with van der Waals surface area (Å²) >= 11 is 1.44. The minimum Gasteiger partial charge on any atom is -0.342 e. The largest absolute Gasteiger partial charge is 0.342 e. The van der Waals surface area contributed by atoms with Crippen LogP contribution in [0.3, 0.4) is 0 Å². The Morgan fingerprint density at radius 3 is 2.86 bits per heavy atom. The quantitative estimate of drug-likeness (QED) is 0.463. The zero-order valence-electron chi connectivity index (χ0n) is 20.0. The van der Waals surface area contributed by atoms with Gasteiger partial charge in [0, 0.05) is 37.7 Å². The number of anilines is 1. The Kier molecular flexibility index (Phi) is 8.07. The first-order valence-corrected chi connectivity index (χ1v) is 12.7. The van der Waals surface area contributed by atoms with Crippen molar-refractivity contribution in [2.24, 2.45) is 5.92 Å². The van der Waals surface area contributed by atoms with Crippen molar-refractivity contribution < 1.29 is 14.0 Å².